The zero-order valence-electron chi connectivity index (χ0n) is 13.1. The fourth-order valence-corrected chi connectivity index (χ4v) is 2.31. The van der Waals surface area contributed by atoms with Crippen LogP contribution in [0, 0.1) is 5.82 Å². The van der Waals surface area contributed by atoms with Gasteiger partial charge in [-0.05, 0) is 31.8 Å². The lowest BCUT2D eigenvalue weighted by Gasteiger charge is -2.13. The summed E-state index contributed by atoms with van der Waals surface area (Å²) in [7, 11) is 3.68. The molecule has 8 heteroatoms. The van der Waals surface area contributed by atoms with Gasteiger partial charge in [0, 0.05) is 24.8 Å². The summed E-state index contributed by atoms with van der Waals surface area (Å²) in [6.45, 7) is 0.670. The number of hydrogen-bond donors (Lipinski definition) is 1. The molecule has 0 amide bonds. The van der Waals surface area contributed by atoms with E-state index in [-0.39, 0.29) is 23.2 Å². The van der Waals surface area contributed by atoms with Crippen LogP contribution in [-0.2, 0) is 19.3 Å². The SMILES string of the molecule is CN(C)Cc1ccc(CNc2ncc(C(F)(F)F)cc2Cl)cc1F. The number of nitrogens with one attached hydrogen (secondary N) is 1. The van der Waals surface area contributed by atoms with E-state index in [9.17, 15) is 17.6 Å². The molecule has 130 valence electrons. The van der Waals surface area contributed by atoms with E-state index in [1.807, 2.05) is 19.0 Å². The van der Waals surface area contributed by atoms with E-state index in [0.29, 0.717) is 23.9 Å². The van der Waals surface area contributed by atoms with Crippen molar-refractivity contribution in [2.75, 3.05) is 19.4 Å². The predicted molar refractivity (Wildman–Crippen MR) is 85.4 cm³/mol. The summed E-state index contributed by atoms with van der Waals surface area (Å²) in [6, 6.07) is 5.60. The molecule has 2 aromatic rings. The molecule has 0 spiro atoms. The van der Waals surface area contributed by atoms with Gasteiger partial charge in [0.15, 0.2) is 0 Å². The molecule has 0 saturated carbocycles. The number of alkyl halides is 3. The van der Waals surface area contributed by atoms with Crippen LogP contribution in [0.2, 0.25) is 5.02 Å². The van der Waals surface area contributed by atoms with Crippen molar-refractivity contribution in [3.63, 3.8) is 0 Å². The van der Waals surface area contributed by atoms with Crippen LogP contribution in [0.4, 0.5) is 23.4 Å². The maximum absolute atomic E-state index is 14.0. The van der Waals surface area contributed by atoms with Crippen molar-refractivity contribution in [1.82, 2.24) is 9.88 Å². The summed E-state index contributed by atoms with van der Waals surface area (Å²) in [5.74, 6) is -0.225. The zero-order valence-corrected chi connectivity index (χ0v) is 13.8. The van der Waals surface area contributed by atoms with Gasteiger partial charge in [-0.25, -0.2) is 9.37 Å². The van der Waals surface area contributed by atoms with Crippen LogP contribution >= 0.6 is 11.6 Å². The zero-order chi connectivity index (χ0) is 17.9. The van der Waals surface area contributed by atoms with Gasteiger partial charge in [-0.3, -0.25) is 0 Å². The number of aromatic nitrogens is 1. The van der Waals surface area contributed by atoms with Gasteiger partial charge in [0.25, 0.3) is 0 Å². The van der Waals surface area contributed by atoms with Gasteiger partial charge in [0.05, 0.1) is 10.6 Å². The van der Waals surface area contributed by atoms with Crippen molar-refractivity contribution in [2.45, 2.75) is 19.3 Å². The quantitative estimate of drug-likeness (QED) is 0.791. The number of benzene rings is 1. The maximum atomic E-state index is 14.0. The van der Waals surface area contributed by atoms with Gasteiger partial charge in [0.2, 0.25) is 0 Å². The van der Waals surface area contributed by atoms with Crippen LogP contribution in [0.1, 0.15) is 16.7 Å². The molecule has 0 aliphatic rings. The number of rotatable bonds is 5. The Bertz CT molecular complexity index is 717. The van der Waals surface area contributed by atoms with E-state index in [1.54, 1.807) is 12.1 Å². The second-order valence-corrected chi connectivity index (χ2v) is 5.98. The summed E-state index contributed by atoms with van der Waals surface area (Å²) in [6.07, 6.45) is -3.80. The van der Waals surface area contributed by atoms with Crippen molar-refractivity contribution < 1.29 is 17.6 Å². The Hall–Kier alpha value is -1.86. The van der Waals surface area contributed by atoms with E-state index >= 15 is 0 Å². The lowest BCUT2D eigenvalue weighted by Crippen LogP contribution is -2.12. The van der Waals surface area contributed by atoms with E-state index in [1.165, 1.54) is 6.07 Å². The van der Waals surface area contributed by atoms with Crippen LogP contribution in [0.3, 0.4) is 0 Å². The molecule has 1 aromatic carbocycles. The number of hydrogen-bond acceptors (Lipinski definition) is 3. The fourth-order valence-electron chi connectivity index (χ4n) is 2.08. The molecule has 0 bridgehead atoms. The topological polar surface area (TPSA) is 28.2 Å². The highest BCUT2D eigenvalue weighted by atomic mass is 35.5. The largest absolute Gasteiger partial charge is 0.417 e. The highest BCUT2D eigenvalue weighted by molar-refractivity contribution is 6.32. The molecular weight excluding hydrogens is 346 g/mol. The summed E-state index contributed by atoms with van der Waals surface area (Å²) in [5, 5.41) is 2.66. The Labute approximate surface area is 142 Å². The average Bonchev–Trinajstić information content (AvgIpc) is 2.47. The predicted octanol–water partition coefficient (Wildman–Crippen LogP) is 4.57. The Balaban J connectivity index is 2.07. The average molecular weight is 362 g/mol. The molecule has 0 atom stereocenters. The summed E-state index contributed by atoms with van der Waals surface area (Å²) in [4.78, 5) is 5.53. The summed E-state index contributed by atoms with van der Waals surface area (Å²) in [5.41, 5.74) is 0.277. The molecule has 24 heavy (non-hydrogen) atoms. The first-order chi connectivity index (χ1) is 11.2. The van der Waals surface area contributed by atoms with Gasteiger partial charge < -0.3 is 10.2 Å². The number of pyridine rings is 1. The van der Waals surface area contributed by atoms with Crippen LogP contribution in [-0.4, -0.2) is 24.0 Å². The van der Waals surface area contributed by atoms with Crippen molar-refractivity contribution in [1.29, 1.82) is 0 Å². The van der Waals surface area contributed by atoms with Gasteiger partial charge in [-0.2, -0.15) is 13.2 Å². The number of anilines is 1. The Kier molecular flexibility index (Phi) is 5.66. The van der Waals surface area contributed by atoms with Crippen molar-refractivity contribution >= 4 is 17.4 Å². The fraction of sp³-hybridized carbons (Fsp3) is 0.312. The first kappa shape index (κ1) is 18.5. The van der Waals surface area contributed by atoms with Gasteiger partial charge in [0.1, 0.15) is 11.6 Å². The molecule has 0 saturated heterocycles. The first-order valence-electron chi connectivity index (χ1n) is 7.05. The standard InChI is InChI=1S/C16H16ClF4N3/c1-24(2)9-11-4-3-10(5-14(11)18)7-22-15-13(17)6-12(8-23-15)16(19,20)21/h3-6,8H,7,9H2,1-2H3,(H,22,23). The van der Waals surface area contributed by atoms with Crippen LogP contribution in [0.25, 0.3) is 0 Å². The molecule has 1 aromatic heterocycles. The van der Waals surface area contributed by atoms with Crippen LogP contribution in [0.5, 0.6) is 0 Å². The smallest absolute Gasteiger partial charge is 0.365 e. The number of halogens is 5. The Morgan fingerprint density at radius 1 is 1.21 bits per heavy atom. The highest BCUT2D eigenvalue weighted by Crippen LogP contribution is 2.32. The maximum Gasteiger partial charge on any atom is 0.417 e. The second-order valence-electron chi connectivity index (χ2n) is 5.57. The minimum absolute atomic E-state index is 0.113. The second kappa shape index (κ2) is 7.36. The minimum Gasteiger partial charge on any atom is -0.365 e. The Morgan fingerprint density at radius 3 is 2.46 bits per heavy atom. The lowest BCUT2D eigenvalue weighted by atomic mass is 10.1. The molecule has 1 heterocycles. The number of nitrogens with zero attached hydrogens (tertiary/aromatic N) is 2. The molecule has 0 aliphatic carbocycles. The van der Waals surface area contributed by atoms with Crippen LogP contribution in [0.15, 0.2) is 30.5 Å². The lowest BCUT2D eigenvalue weighted by molar-refractivity contribution is -0.137. The monoisotopic (exact) mass is 361 g/mol. The third-order valence-electron chi connectivity index (χ3n) is 3.23. The molecule has 0 unspecified atom stereocenters. The Morgan fingerprint density at radius 2 is 1.92 bits per heavy atom. The van der Waals surface area contributed by atoms with E-state index in [4.69, 9.17) is 11.6 Å². The normalized spacial score (nSPS) is 11.8. The van der Waals surface area contributed by atoms with Gasteiger partial charge in [-0.15, -0.1) is 0 Å². The van der Waals surface area contributed by atoms with Gasteiger partial charge >= 0.3 is 6.18 Å². The van der Waals surface area contributed by atoms with E-state index in [2.05, 4.69) is 10.3 Å². The third-order valence-corrected chi connectivity index (χ3v) is 3.52. The molecule has 3 nitrogen and oxygen atoms in total. The molecule has 0 radical (unpaired) electrons. The summed E-state index contributed by atoms with van der Waals surface area (Å²) >= 11 is 5.81. The van der Waals surface area contributed by atoms with Crippen LogP contribution < -0.4 is 5.32 Å². The molecule has 0 fully saturated rings. The molecule has 0 aliphatic heterocycles. The van der Waals surface area contributed by atoms with E-state index < -0.39 is 11.7 Å². The third kappa shape index (κ3) is 4.82. The highest BCUT2D eigenvalue weighted by Gasteiger charge is 2.31. The van der Waals surface area contributed by atoms with Crippen molar-refractivity contribution in [2.24, 2.45) is 0 Å². The molecule has 2 rings (SSSR count). The van der Waals surface area contributed by atoms with E-state index in [0.717, 1.165) is 6.07 Å². The van der Waals surface area contributed by atoms with Crippen molar-refractivity contribution in [3.8, 4) is 0 Å². The molecule has 1 N–H and O–H groups in total. The van der Waals surface area contributed by atoms with Crippen molar-refractivity contribution in [3.05, 3.63) is 58.0 Å². The minimum atomic E-state index is -4.50. The summed E-state index contributed by atoms with van der Waals surface area (Å²) < 4.78 is 51.7. The van der Waals surface area contributed by atoms with Gasteiger partial charge in [-0.1, -0.05) is 23.7 Å². The first-order valence-corrected chi connectivity index (χ1v) is 7.43. The molecular formula is C16H16ClF4N3.